The van der Waals surface area contributed by atoms with Crippen molar-refractivity contribution in [3.8, 4) is 0 Å². The van der Waals surface area contributed by atoms with Gasteiger partial charge in [0.05, 0.1) is 5.60 Å². The van der Waals surface area contributed by atoms with Crippen molar-refractivity contribution in [2.45, 2.75) is 78.6 Å². The van der Waals surface area contributed by atoms with E-state index in [9.17, 15) is 9.36 Å². The summed E-state index contributed by atoms with van der Waals surface area (Å²) >= 11 is 1.28. The van der Waals surface area contributed by atoms with E-state index in [2.05, 4.69) is 13.8 Å². The minimum atomic E-state index is -2.91. The van der Waals surface area contributed by atoms with Gasteiger partial charge in [-0.2, -0.15) is 0 Å². The molecule has 0 fully saturated rings. The van der Waals surface area contributed by atoms with Gasteiger partial charge in [-0.25, -0.2) is 0 Å². The molecule has 138 valence electrons. The molecule has 0 radical (unpaired) electrons. The maximum Gasteiger partial charge on any atom is 0.325 e. The lowest BCUT2D eigenvalue weighted by Gasteiger charge is -2.34. The average Bonchev–Trinajstić information content (AvgIpc) is 2.31. The SMILES string of the molecule is CCC(C(C)C)P(=O)(OC(C)(C)C)SCCOC(=O)C(C)(C)N. The van der Waals surface area contributed by atoms with Gasteiger partial charge in [-0.1, -0.05) is 32.2 Å². The van der Waals surface area contributed by atoms with Crippen LogP contribution in [0.3, 0.4) is 0 Å². The smallest absolute Gasteiger partial charge is 0.325 e. The third kappa shape index (κ3) is 8.57. The van der Waals surface area contributed by atoms with Crippen molar-refractivity contribution in [3.63, 3.8) is 0 Å². The van der Waals surface area contributed by atoms with E-state index >= 15 is 0 Å². The van der Waals surface area contributed by atoms with Gasteiger partial charge in [-0.05, 0) is 47.0 Å². The summed E-state index contributed by atoms with van der Waals surface area (Å²) in [5.74, 6) is 0.227. The van der Waals surface area contributed by atoms with Crippen LogP contribution in [-0.4, -0.2) is 35.1 Å². The number of hydrogen-bond acceptors (Lipinski definition) is 6. The van der Waals surface area contributed by atoms with Gasteiger partial charge < -0.3 is 15.0 Å². The predicted molar refractivity (Wildman–Crippen MR) is 99.0 cm³/mol. The van der Waals surface area contributed by atoms with E-state index in [4.69, 9.17) is 15.0 Å². The molecule has 0 aromatic rings. The molecule has 0 aromatic heterocycles. The van der Waals surface area contributed by atoms with E-state index in [1.54, 1.807) is 13.8 Å². The van der Waals surface area contributed by atoms with Gasteiger partial charge in [-0.15, -0.1) is 0 Å². The number of hydrogen-bond donors (Lipinski definition) is 1. The van der Waals surface area contributed by atoms with Crippen molar-refractivity contribution in [3.05, 3.63) is 0 Å². The van der Waals surface area contributed by atoms with Crippen LogP contribution in [0.4, 0.5) is 0 Å². The van der Waals surface area contributed by atoms with E-state index < -0.39 is 23.7 Å². The van der Waals surface area contributed by atoms with Crippen LogP contribution >= 0.6 is 18.0 Å². The number of esters is 1. The fourth-order valence-electron chi connectivity index (χ4n) is 2.12. The standard InChI is InChI=1S/C16H34NO4PS/c1-9-13(12(2)3)22(19,21-15(4,5)6)23-11-10-20-14(18)16(7,8)17/h12-13H,9-11,17H2,1-8H3. The summed E-state index contributed by atoms with van der Waals surface area (Å²) in [5.41, 5.74) is 4.16. The molecule has 23 heavy (non-hydrogen) atoms. The Morgan fingerprint density at radius 2 is 1.74 bits per heavy atom. The van der Waals surface area contributed by atoms with Crippen molar-refractivity contribution >= 4 is 23.9 Å². The van der Waals surface area contributed by atoms with Gasteiger partial charge in [0.2, 0.25) is 0 Å². The zero-order valence-electron chi connectivity index (χ0n) is 15.8. The summed E-state index contributed by atoms with van der Waals surface area (Å²) in [5, 5.41) is 0. The summed E-state index contributed by atoms with van der Waals surface area (Å²) in [4.78, 5) is 11.7. The fraction of sp³-hybridized carbons (Fsp3) is 0.938. The molecule has 5 nitrogen and oxygen atoms in total. The van der Waals surface area contributed by atoms with Crippen LogP contribution in [-0.2, 0) is 18.6 Å². The van der Waals surface area contributed by atoms with Gasteiger partial charge in [-0.3, -0.25) is 9.36 Å². The van der Waals surface area contributed by atoms with Gasteiger partial charge in [0.1, 0.15) is 12.1 Å². The quantitative estimate of drug-likeness (QED) is 0.369. The lowest BCUT2D eigenvalue weighted by atomic mass is 10.1. The molecule has 7 heteroatoms. The molecule has 0 amide bonds. The molecular weight excluding hydrogens is 333 g/mol. The summed E-state index contributed by atoms with van der Waals surface area (Å²) in [7, 11) is 0. The third-order valence-corrected chi connectivity index (χ3v) is 9.06. The highest BCUT2D eigenvalue weighted by molar-refractivity contribution is 8.56. The Labute approximate surface area is 145 Å². The zero-order chi connectivity index (χ0) is 18.5. The lowest BCUT2D eigenvalue weighted by molar-refractivity contribution is -0.148. The summed E-state index contributed by atoms with van der Waals surface area (Å²) in [6.07, 6.45) is 0.785. The van der Waals surface area contributed by atoms with Crippen LogP contribution in [0.15, 0.2) is 0 Å². The molecule has 2 unspecified atom stereocenters. The molecule has 0 heterocycles. The molecule has 0 aliphatic carbocycles. The van der Waals surface area contributed by atoms with Crippen LogP contribution in [0.2, 0.25) is 0 Å². The Balaban J connectivity index is 4.86. The fourth-order valence-corrected chi connectivity index (χ4v) is 8.42. The molecule has 2 N–H and O–H groups in total. The first kappa shape index (κ1) is 23.0. The Morgan fingerprint density at radius 1 is 1.22 bits per heavy atom. The van der Waals surface area contributed by atoms with E-state index in [1.165, 1.54) is 11.4 Å². The second-order valence-electron chi connectivity index (χ2n) is 7.65. The second kappa shape index (κ2) is 8.89. The third-order valence-electron chi connectivity index (χ3n) is 3.11. The van der Waals surface area contributed by atoms with Gasteiger partial charge in [0, 0.05) is 11.4 Å². The van der Waals surface area contributed by atoms with Crippen molar-refractivity contribution < 1.29 is 18.6 Å². The number of nitrogens with two attached hydrogens (primary N) is 1. The zero-order valence-corrected chi connectivity index (χ0v) is 17.6. The highest BCUT2D eigenvalue weighted by Gasteiger charge is 2.39. The highest BCUT2D eigenvalue weighted by Crippen LogP contribution is 2.67. The lowest BCUT2D eigenvalue weighted by Crippen LogP contribution is -2.43. The number of carbonyl (C=O) groups excluding carboxylic acids is 1. The first-order valence-corrected chi connectivity index (χ1v) is 11.4. The Kier molecular flexibility index (Phi) is 8.88. The van der Waals surface area contributed by atoms with Gasteiger partial charge in [0.25, 0.3) is 6.57 Å². The molecule has 0 bridgehead atoms. The molecule has 0 aromatic carbocycles. The molecule has 0 saturated heterocycles. The van der Waals surface area contributed by atoms with E-state index in [1.807, 2.05) is 27.7 Å². The second-order valence-corrected chi connectivity index (χ2v) is 12.5. The van der Waals surface area contributed by atoms with E-state index in [0.717, 1.165) is 6.42 Å². The highest BCUT2D eigenvalue weighted by atomic mass is 32.7. The number of ether oxygens (including phenoxy) is 1. The molecule has 0 rings (SSSR count). The maximum absolute atomic E-state index is 13.4. The largest absolute Gasteiger partial charge is 0.463 e. The normalized spacial score (nSPS) is 17.0. The molecule has 0 aliphatic rings. The Morgan fingerprint density at radius 3 is 2.09 bits per heavy atom. The number of carbonyl (C=O) groups is 1. The van der Waals surface area contributed by atoms with Gasteiger partial charge >= 0.3 is 5.97 Å². The van der Waals surface area contributed by atoms with Crippen LogP contribution < -0.4 is 5.73 Å². The molecule has 2 atom stereocenters. The van der Waals surface area contributed by atoms with Crippen molar-refractivity contribution in [1.82, 2.24) is 0 Å². The number of rotatable bonds is 9. The van der Waals surface area contributed by atoms with Crippen LogP contribution in [0.25, 0.3) is 0 Å². The molecular formula is C16H34NO4PS. The van der Waals surface area contributed by atoms with Gasteiger partial charge in [0.15, 0.2) is 0 Å². The predicted octanol–water partition coefficient (Wildman–Crippen LogP) is 4.44. The Hall–Kier alpha value is -0.0300. The summed E-state index contributed by atoms with van der Waals surface area (Å²) < 4.78 is 24.5. The maximum atomic E-state index is 13.4. The monoisotopic (exact) mass is 367 g/mol. The average molecular weight is 367 g/mol. The minimum Gasteiger partial charge on any atom is -0.463 e. The Bertz CT molecular complexity index is 427. The van der Waals surface area contributed by atoms with Crippen molar-refractivity contribution in [2.24, 2.45) is 11.7 Å². The first-order valence-electron chi connectivity index (χ1n) is 8.14. The first-order chi connectivity index (χ1) is 10.2. The topological polar surface area (TPSA) is 78.6 Å². The van der Waals surface area contributed by atoms with Crippen molar-refractivity contribution in [2.75, 3.05) is 12.4 Å². The summed E-state index contributed by atoms with van der Waals surface area (Å²) in [6.45, 7) is 12.3. The van der Waals surface area contributed by atoms with E-state index in [-0.39, 0.29) is 18.2 Å². The van der Waals surface area contributed by atoms with Crippen LogP contribution in [0.1, 0.15) is 61.8 Å². The summed E-state index contributed by atoms with van der Waals surface area (Å²) in [6, 6.07) is 0. The molecule has 0 saturated carbocycles. The van der Waals surface area contributed by atoms with Crippen LogP contribution in [0.5, 0.6) is 0 Å². The minimum absolute atomic E-state index is 0.0200. The molecule has 0 spiro atoms. The van der Waals surface area contributed by atoms with Crippen molar-refractivity contribution in [1.29, 1.82) is 0 Å². The van der Waals surface area contributed by atoms with E-state index in [0.29, 0.717) is 5.75 Å². The van der Waals surface area contributed by atoms with Crippen LogP contribution in [0, 0.1) is 5.92 Å². The molecule has 0 aliphatic heterocycles.